The van der Waals surface area contributed by atoms with Gasteiger partial charge in [-0.2, -0.15) is 0 Å². The fourth-order valence-electron chi connectivity index (χ4n) is 2.91. The Kier molecular flexibility index (Phi) is 4.97. The number of ether oxygens (including phenoxy) is 1. The van der Waals surface area contributed by atoms with Crippen molar-refractivity contribution in [3.8, 4) is 0 Å². The van der Waals surface area contributed by atoms with Crippen molar-refractivity contribution >= 4 is 12.0 Å². The second-order valence-corrected chi connectivity index (χ2v) is 7.08. The van der Waals surface area contributed by atoms with Crippen molar-refractivity contribution in [1.82, 2.24) is 20.2 Å². The standard InChI is InChI=1S/C16H26N4O3/c1-10-9-17-13(18-10)11-7-6-8-20(11)14(21)12(16(2,3)4)19-15(22)23-5/h9,11-12H,6-8H2,1-5H3,(H,17,18)(H,19,22). The number of imidazole rings is 1. The van der Waals surface area contributed by atoms with Gasteiger partial charge in [0.25, 0.3) is 0 Å². The molecule has 2 amide bonds. The lowest BCUT2D eigenvalue weighted by Gasteiger charge is -2.35. The number of likely N-dealkylation sites (tertiary alicyclic amines) is 1. The zero-order valence-electron chi connectivity index (χ0n) is 14.5. The molecule has 2 heterocycles. The monoisotopic (exact) mass is 322 g/mol. The Balaban J connectivity index is 2.22. The smallest absolute Gasteiger partial charge is 0.407 e. The van der Waals surface area contributed by atoms with Crippen molar-refractivity contribution in [3.63, 3.8) is 0 Å². The molecule has 2 rings (SSSR count). The topological polar surface area (TPSA) is 87.3 Å². The van der Waals surface area contributed by atoms with Crippen LogP contribution in [0.2, 0.25) is 0 Å². The van der Waals surface area contributed by atoms with E-state index in [2.05, 4.69) is 20.0 Å². The third-order valence-electron chi connectivity index (χ3n) is 4.13. The lowest BCUT2D eigenvalue weighted by Crippen LogP contribution is -2.54. The van der Waals surface area contributed by atoms with Crippen molar-refractivity contribution in [2.45, 2.75) is 52.6 Å². The molecule has 7 heteroatoms. The van der Waals surface area contributed by atoms with Crippen LogP contribution in [0.25, 0.3) is 0 Å². The number of nitrogens with zero attached hydrogens (tertiary/aromatic N) is 2. The van der Waals surface area contributed by atoms with Crippen LogP contribution in [0, 0.1) is 12.3 Å². The number of nitrogens with one attached hydrogen (secondary N) is 2. The molecule has 0 aromatic carbocycles. The maximum Gasteiger partial charge on any atom is 0.407 e. The number of aromatic nitrogens is 2. The predicted octanol–water partition coefficient (Wildman–Crippen LogP) is 2.15. The number of aromatic amines is 1. The minimum Gasteiger partial charge on any atom is -0.453 e. The molecular formula is C16H26N4O3. The molecule has 0 aliphatic carbocycles. The van der Waals surface area contributed by atoms with Gasteiger partial charge in [-0.15, -0.1) is 0 Å². The van der Waals surface area contributed by atoms with Crippen molar-refractivity contribution in [1.29, 1.82) is 0 Å². The third-order valence-corrected chi connectivity index (χ3v) is 4.13. The van der Waals surface area contributed by atoms with E-state index in [4.69, 9.17) is 0 Å². The lowest BCUT2D eigenvalue weighted by molar-refractivity contribution is -0.137. The van der Waals surface area contributed by atoms with Gasteiger partial charge in [-0.05, 0) is 25.2 Å². The van der Waals surface area contributed by atoms with E-state index >= 15 is 0 Å². The first-order chi connectivity index (χ1) is 10.7. The number of carbonyl (C=O) groups is 2. The Hall–Kier alpha value is -2.05. The molecule has 1 saturated heterocycles. The summed E-state index contributed by atoms with van der Waals surface area (Å²) in [4.78, 5) is 34.1. The van der Waals surface area contributed by atoms with E-state index in [-0.39, 0.29) is 11.9 Å². The maximum absolute atomic E-state index is 13.0. The molecule has 0 bridgehead atoms. The molecule has 1 aromatic heterocycles. The molecule has 1 fully saturated rings. The summed E-state index contributed by atoms with van der Waals surface area (Å²) < 4.78 is 4.66. The van der Waals surface area contributed by atoms with Crippen LogP contribution in [0.5, 0.6) is 0 Å². The van der Waals surface area contributed by atoms with Crippen LogP contribution in [0.15, 0.2) is 6.20 Å². The number of carbonyl (C=O) groups excluding carboxylic acids is 2. The summed E-state index contributed by atoms with van der Waals surface area (Å²) in [6.45, 7) is 8.38. The summed E-state index contributed by atoms with van der Waals surface area (Å²) in [7, 11) is 1.30. The van der Waals surface area contributed by atoms with Crippen molar-refractivity contribution in [3.05, 3.63) is 17.7 Å². The number of methoxy groups -OCH3 is 1. The summed E-state index contributed by atoms with van der Waals surface area (Å²) in [5.74, 6) is 0.707. The molecule has 0 spiro atoms. The molecule has 7 nitrogen and oxygen atoms in total. The highest BCUT2D eigenvalue weighted by molar-refractivity contribution is 5.87. The van der Waals surface area contributed by atoms with Crippen molar-refractivity contribution < 1.29 is 14.3 Å². The SMILES string of the molecule is COC(=O)NC(C(=O)N1CCCC1c1ncc(C)[nH]1)C(C)(C)C. The van der Waals surface area contributed by atoms with Crippen LogP contribution in [0.3, 0.4) is 0 Å². The first-order valence-electron chi connectivity index (χ1n) is 7.90. The summed E-state index contributed by atoms with van der Waals surface area (Å²) in [6.07, 6.45) is 2.96. The van der Waals surface area contributed by atoms with E-state index in [1.54, 1.807) is 6.20 Å². The van der Waals surface area contributed by atoms with Crippen LogP contribution < -0.4 is 5.32 Å². The summed E-state index contributed by atoms with van der Waals surface area (Å²) in [5.41, 5.74) is 0.552. The summed E-state index contributed by atoms with van der Waals surface area (Å²) >= 11 is 0. The maximum atomic E-state index is 13.0. The van der Waals surface area contributed by atoms with Crippen LogP contribution in [-0.2, 0) is 9.53 Å². The van der Waals surface area contributed by atoms with Gasteiger partial charge in [0.1, 0.15) is 11.9 Å². The van der Waals surface area contributed by atoms with Gasteiger partial charge in [0.05, 0.1) is 13.2 Å². The van der Waals surface area contributed by atoms with Crippen LogP contribution in [0.4, 0.5) is 4.79 Å². The second-order valence-electron chi connectivity index (χ2n) is 7.08. The number of rotatable bonds is 3. The molecule has 1 aliphatic heterocycles. The normalized spacial score (nSPS) is 19.5. The van der Waals surface area contributed by atoms with Gasteiger partial charge in [0, 0.05) is 18.4 Å². The van der Waals surface area contributed by atoms with Gasteiger partial charge >= 0.3 is 6.09 Å². The first kappa shape index (κ1) is 17.3. The first-order valence-corrected chi connectivity index (χ1v) is 7.90. The Morgan fingerprint density at radius 2 is 2.17 bits per heavy atom. The Labute approximate surface area is 136 Å². The third kappa shape index (κ3) is 3.83. The molecule has 1 aromatic rings. The second kappa shape index (κ2) is 6.60. The quantitative estimate of drug-likeness (QED) is 0.892. The van der Waals surface area contributed by atoms with Gasteiger partial charge in [-0.25, -0.2) is 9.78 Å². The highest BCUT2D eigenvalue weighted by Crippen LogP contribution is 2.33. The summed E-state index contributed by atoms with van der Waals surface area (Å²) in [6, 6.07) is -0.716. The summed E-state index contributed by atoms with van der Waals surface area (Å²) in [5, 5.41) is 2.68. The van der Waals surface area contributed by atoms with Gasteiger partial charge < -0.3 is 19.9 Å². The number of aryl methyl sites for hydroxylation is 1. The number of alkyl carbamates (subject to hydrolysis) is 1. The number of H-pyrrole nitrogens is 1. The molecular weight excluding hydrogens is 296 g/mol. The molecule has 0 radical (unpaired) electrons. The van der Waals surface area contributed by atoms with Gasteiger partial charge in [0.15, 0.2) is 0 Å². The van der Waals surface area contributed by atoms with E-state index in [1.165, 1.54) is 7.11 Å². The van der Waals surface area contributed by atoms with E-state index in [0.29, 0.717) is 6.54 Å². The molecule has 23 heavy (non-hydrogen) atoms. The molecule has 2 N–H and O–H groups in total. The Morgan fingerprint density at radius 3 is 2.70 bits per heavy atom. The van der Waals surface area contributed by atoms with E-state index in [0.717, 1.165) is 24.4 Å². The number of amides is 2. The highest BCUT2D eigenvalue weighted by Gasteiger charge is 2.40. The van der Waals surface area contributed by atoms with Crippen molar-refractivity contribution in [2.75, 3.05) is 13.7 Å². The fraction of sp³-hybridized carbons (Fsp3) is 0.688. The van der Waals surface area contributed by atoms with Crippen LogP contribution in [-0.4, -0.2) is 46.6 Å². The number of hydrogen-bond donors (Lipinski definition) is 2. The Bertz CT molecular complexity index is 576. The zero-order valence-corrected chi connectivity index (χ0v) is 14.5. The molecule has 0 saturated carbocycles. The zero-order chi connectivity index (χ0) is 17.2. The predicted molar refractivity (Wildman–Crippen MR) is 85.8 cm³/mol. The van der Waals surface area contributed by atoms with Crippen LogP contribution >= 0.6 is 0 Å². The minimum absolute atomic E-state index is 0.0690. The fourth-order valence-corrected chi connectivity index (χ4v) is 2.91. The molecule has 128 valence electrons. The average molecular weight is 322 g/mol. The van der Waals surface area contributed by atoms with Gasteiger partial charge in [-0.3, -0.25) is 4.79 Å². The van der Waals surface area contributed by atoms with E-state index < -0.39 is 17.6 Å². The Morgan fingerprint density at radius 1 is 1.48 bits per heavy atom. The molecule has 1 aliphatic rings. The molecule has 2 atom stereocenters. The number of hydrogen-bond acceptors (Lipinski definition) is 4. The average Bonchev–Trinajstić information content (AvgIpc) is 3.10. The van der Waals surface area contributed by atoms with Crippen molar-refractivity contribution in [2.24, 2.45) is 5.41 Å². The van der Waals surface area contributed by atoms with E-state index in [1.807, 2.05) is 32.6 Å². The lowest BCUT2D eigenvalue weighted by atomic mass is 9.85. The largest absolute Gasteiger partial charge is 0.453 e. The van der Waals surface area contributed by atoms with Gasteiger partial charge in [-0.1, -0.05) is 20.8 Å². The van der Waals surface area contributed by atoms with E-state index in [9.17, 15) is 9.59 Å². The minimum atomic E-state index is -0.647. The highest BCUT2D eigenvalue weighted by atomic mass is 16.5. The molecule has 2 unspecified atom stereocenters. The van der Waals surface area contributed by atoms with Gasteiger partial charge in [0.2, 0.25) is 5.91 Å². The van der Waals surface area contributed by atoms with Crippen LogP contribution in [0.1, 0.15) is 51.2 Å².